The van der Waals surface area contributed by atoms with Gasteiger partial charge < -0.3 is 12.5 Å². The van der Waals surface area contributed by atoms with E-state index in [9.17, 15) is 0 Å². The van der Waals surface area contributed by atoms with Gasteiger partial charge in [-0.2, -0.15) is 0 Å². The van der Waals surface area contributed by atoms with E-state index < -0.39 is 0 Å². The molecule has 0 spiro atoms. The van der Waals surface area contributed by atoms with Crippen molar-refractivity contribution in [2.75, 3.05) is 6.61 Å². The van der Waals surface area contributed by atoms with Crippen molar-refractivity contribution in [2.24, 2.45) is 0 Å². The first kappa shape index (κ1) is 27.3. The Labute approximate surface area is 144 Å². The van der Waals surface area contributed by atoms with E-state index in [2.05, 4.69) is 37.3 Å². The fourth-order valence-electron chi connectivity index (χ4n) is 1.44. The summed E-state index contributed by atoms with van der Waals surface area (Å²) < 4.78 is 0. The molecule has 0 saturated carbocycles. The number of allylic oxidation sites excluding steroid dienone is 4. The number of aliphatic hydroxyl groups excluding tert-OH is 1. The van der Waals surface area contributed by atoms with Gasteiger partial charge in [-0.05, 0) is 20.3 Å². The van der Waals surface area contributed by atoms with Crippen molar-refractivity contribution in [3.05, 3.63) is 61.0 Å². The van der Waals surface area contributed by atoms with Gasteiger partial charge in [-0.3, -0.25) is 0 Å². The largest absolute Gasteiger partial charge is 2.00 e. The Kier molecular flexibility index (Phi) is 23.0. The van der Waals surface area contributed by atoms with E-state index in [0.29, 0.717) is 0 Å². The topological polar surface area (TPSA) is 20.2 Å². The molecular weight excluding hydrogens is 315 g/mol. The second-order valence-corrected chi connectivity index (χ2v) is 3.41. The molecule has 0 heterocycles. The molecule has 0 atom stereocenters. The monoisotopic (exact) mass is 336 g/mol. The SMILES string of the molecule is CC1=CCC(c2[c-]cccc2)=C1.CCO.Cl.Cl.[CH3-].[Ti+2]. The van der Waals surface area contributed by atoms with Gasteiger partial charge in [-0.25, -0.2) is 0 Å². The van der Waals surface area contributed by atoms with Gasteiger partial charge in [0.15, 0.2) is 0 Å². The average Bonchev–Trinajstić information content (AvgIpc) is 2.67. The Morgan fingerprint density at radius 2 is 1.84 bits per heavy atom. The second-order valence-electron chi connectivity index (χ2n) is 3.41. The molecule has 1 aromatic rings. The van der Waals surface area contributed by atoms with Crippen molar-refractivity contribution < 1.29 is 26.8 Å². The molecule has 1 aromatic carbocycles. The van der Waals surface area contributed by atoms with Gasteiger partial charge in [0.25, 0.3) is 0 Å². The van der Waals surface area contributed by atoms with Gasteiger partial charge in [0.2, 0.25) is 0 Å². The van der Waals surface area contributed by atoms with Crippen LogP contribution in [-0.4, -0.2) is 11.7 Å². The standard InChI is InChI=1S/C12H11.C2H6O.CH3.2ClH.Ti/c1-10-7-8-12(9-10)11-5-3-2-4-6-11;1-2-3;;;;/h2-5,7,9H,8H2,1H3;3H,2H2,1H3;1H3;2*1H;/q-1;;-1;;;+2. The van der Waals surface area contributed by atoms with E-state index in [4.69, 9.17) is 5.11 Å². The molecule has 0 bridgehead atoms. The molecule has 0 radical (unpaired) electrons. The Balaban J connectivity index is -0.000000149. The van der Waals surface area contributed by atoms with Crippen LogP contribution in [0.15, 0.2) is 42.0 Å². The number of aliphatic hydroxyl groups is 1. The van der Waals surface area contributed by atoms with Crippen LogP contribution < -0.4 is 0 Å². The van der Waals surface area contributed by atoms with Crippen molar-refractivity contribution in [2.45, 2.75) is 20.3 Å². The van der Waals surface area contributed by atoms with Gasteiger partial charge in [-0.15, -0.1) is 66.3 Å². The Morgan fingerprint density at radius 3 is 2.21 bits per heavy atom. The summed E-state index contributed by atoms with van der Waals surface area (Å²) >= 11 is 0. The van der Waals surface area contributed by atoms with Gasteiger partial charge in [0.05, 0.1) is 0 Å². The van der Waals surface area contributed by atoms with E-state index in [0.717, 1.165) is 6.42 Å². The molecule has 1 aliphatic rings. The molecule has 0 saturated heterocycles. The first-order chi connectivity index (χ1) is 7.27. The molecule has 0 fully saturated rings. The third-order valence-corrected chi connectivity index (χ3v) is 2.10. The minimum atomic E-state index is 0. The summed E-state index contributed by atoms with van der Waals surface area (Å²) in [6, 6.07) is 11.4. The summed E-state index contributed by atoms with van der Waals surface area (Å²) in [5.74, 6) is 0. The maximum absolute atomic E-state index is 7.57. The number of hydrogen-bond donors (Lipinski definition) is 1. The van der Waals surface area contributed by atoms with Crippen LogP contribution in [0, 0.1) is 13.5 Å². The van der Waals surface area contributed by atoms with Crippen LogP contribution in [0.1, 0.15) is 25.8 Å². The average molecular weight is 337 g/mol. The van der Waals surface area contributed by atoms with Crippen molar-refractivity contribution in [3.8, 4) is 0 Å². The van der Waals surface area contributed by atoms with Crippen LogP contribution in [0.25, 0.3) is 5.57 Å². The molecule has 2 rings (SSSR count). The maximum Gasteiger partial charge on any atom is 2.00 e. The summed E-state index contributed by atoms with van der Waals surface area (Å²) in [6.45, 7) is 4.07. The van der Waals surface area contributed by atoms with Crippen LogP contribution in [0.4, 0.5) is 0 Å². The minimum Gasteiger partial charge on any atom is -0.397 e. The van der Waals surface area contributed by atoms with Crippen molar-refractivity contribution >= 4 is 30.4 Å². The Hall–Kier alpha value is -0.0457. The van der Waals surface area contributed by atoms with Crippen LogP contribution in [0.5, 0.6) is 0 Å². The summed E-state index contributed by atoms with van der Waals surface area (Å²) in [5.41, 5.74) is 3.97. The van der Waals surface area contributed by atoms with Crippen molar-refractivity contribution in [1.29, 1.82) is 0 Å². The smallest absolute Gasteiger partial charge is 0.397 e. The summed E-state index contributed by atoms with van der Waals surface area (Å²) in [5, 5.41) is 7.57. The zero-order chi connectivity index (χ0) is 11.1. The van der Waals surface area contributed by atoms with Crippen LogP contribution in [0.3, 0.4) is 0 Å². The van der Waals surface area contributed by atoms with E-state index in [1.807, 2.05) is 12.1 Å². The zero-order valence-corrected chi connectivity index (χ0v) is 14.8. The fourth-order valence-corrected chi connectivity index (χ4v) is 1.44. The maximum atomic E-state index is 7.57. The quantitative estimate of drug-likeness (QED) is 0.591. The van der Waals surface area contributed by atoms with E-state index >= 15 is 0 Å². The molecule has 0 aliphatic heterocycles. The summed E-state index contributed by atoms with van der Waals surface area (Å²) in [7, 11) is 0. The fraction of sp³-hybridized carbons (Fsp3) is 0.267. The molecular formula is C15H22Cl2OTi. The van der Waals surface area contributed by atoms with Gasteiger partial charge >= 0.3 is 21.7 Å². The summed E-state index contributed by atoms with van der Waals surface area (Å²) in [4.78, 5) is 0. The molecule has 4 heteroatoms. The van der Waals surface area contributed by atoms with Crippen LogP contribution in [0.2, 0.25) is 0 Å². The van der Waals surface area contributed by atoms with E-state index in [1.54, 1.807) is 6.92 Å². The molecule has 1 aliphatic carbocycles. The van der Waals surface area contributed by atoms with Gasteiger partial charge in [-0.1, -0.05) is 17.7 Å². The van der Waals surface area contributed by atoms with Crippen LogP contribution >= 0.6 is 24.8 Å². The molecule has 0 aromatic heterocycles. The Morgan fingerprint density at radius 1 is 1.26 bits per heavy atom. The number of rotatable bonds is 1. The van der Waals surface area contributed by atoms with E-state index in [1.165, 1.54) is 16.7 Å². The van der Waals surface area contributed by atoms with Gasteiger partial charge in [0, 0.05) is 6.61 Å². The zero-order valence-electron chi connectivity index (χ0n) is 11.6. The number of halogens is 2. The number of benzene rings is 1. The molecule has 106 valence electrons. The van der Waals surface area contributed by atoms with Crippen LogP contribution in [-0.2, 0) is 21.7 Å². The summed E-state index contributed by atoms with van der Waals surface area (Å²) in [6.07, 6.45) is 5.54. The number of hydrogen-bond acceptors (Lipinski definition) is 1. The first-order valence-electron chi connectivity index (χ1n) is 5.23. The molecule has 1 N–H and O–H groups in total. The van der Waals surface area contributed by atoms with Gasteiger partial charge in [0.1, 0.15) is 0 Å². The van der Waals surface area contributed by atoms with Crippen molar-refractivity contribution in [1.82, 2.24) is 0 Å². The predicted molar refractivity (Wildman–Crippen MR) is 85.3 cm³/mol. The molecule has 0 unspecified atom stereocenters. The third-order valence-electron chi connectivity index (χ3n) is 2.10. The molecule has 0 amide bonds. The third kappa shape index (κ3) is 10.4. The normalized spacial score (nSPS) is 10.9. The molecule has 19 heavy (non-hydrogen) atoms. The minimum absolute atomic E-state index is 0. The molecule has 1 nitrogen and oxygen atoms in total. The second kappa shape index (κ2) is 16.0. The van der Waals surface area contributed by atoms with E-state index in [-0.39, 0.29) is 60.6 Å². The predicted octanol–water partition coefficient (Wildman–Crippen LogP) is 4.51. The Bertz CT molecular complexity index is 362. The first-order valence-corrected chi connectivity index (χ1v) is 5.23. The van der Waals surface area contributed by atoms with Crippen molar-refractivity contribution in [3.63, 3.8) is 0 Å².